The van der Waals surface area contributed by atoms with Crippen molar-refractivity contribution >= 4 is 52.4 Å². The number of nitrogens with zero attached hydrogens (tertiary/aromatic N) is 1. The maximum absolute atomic E-state index is 13.7. The molecule has 4 rings (SSSR count). The summed E-state index contributed by atoms with van der Waals surface area (Å²) in [6.07, 6.45) is 0.696. The summed E-state index contributed by atoms with van der Waals surface area (Å²) < 4.78 is 0. The number of thioether (sulfide) groups is 1. The van der Waals surface area contributed by atoms with Gasteiger partial charge >= 0.3 is 0 Å². The third-order valence-electron chi connectivity index (χ3n) is 4.73. The van der Waals surface area contributed by atoms with Crippen molar-refractivity contribution in [1.29, 1.82) is 0 Å². The molecule has 1 N–H and O–H groups in total. The lowest BCUT2D eigenvalue weighted by Crippen LogP contribution is -2.35. The molecule has 3 aromatic rings. The van der Waals surface area contributed by atoms with Gasteiger partial charge in [0.15, 0.2) is 0 Å². The van der Waals surface area contributed by atoms with Crippen molar-refractivity contribution < 1.29 is 9.59 Å². The maximum Gasteiger partial charge on any atom is 0.245 e. The Balaban J connectivity index is 1.66. The standard InChI is InChI=1S/C24H22N2O2S2/c1-3-21(29-18-10-8-9-17(15-18)25-16(2)27)24(28)26-19-11-4-6-13-22(19)30-23-14-7-5-12-20(23)26/h4-15,21H,3H2,1-2H3,(H,25,27). The average molecular weight is 435 g/mol. The second-order valence-corrected chi connectivity index (χ2v) is 9.29. The maximum atomic E-state index is 13.7. The quantitative estimate of drug-likeness (QED) is 0.476. The van der Waals surface area contributed by atoms with E-state index in [1.165, 1.54) is 18.7 Å². The molecule has 1 unspecified atom stereocenters. The van der Waals surface area contributed by atoms with Gasteiger partial charge in [0.25, 0.3) is 0 Å². The van der Waals surface area contributed by atoms with Crippen LogP contribution >= 0.6 is 23.5 Å². The molecule has 0 fully saturated rings. The number of fused-ring (bicyclic) bond motifs is 2. The molecular formula is C24H22N2O2S2. The summed E-state index contributed by atoms with van der Waals surface area (Å²) in [5, 5.41) is 2.56. The van der Waals surface area contributed by atoms with Crippen molar-refractivity contribution in [3.8, 4) is 0 Å². The first-order chi connectivity index (χ1) is 14.6. The third-order valence-corrected chi connectivity index (χ3v) is 7.21. The number of hydrogen-bond donors (Lipinski definition) is 1. The summed E-state index contributed by atoms with van der Waals surface area (Å²) in [7, 11) is 0. The number of anilines is 3. The summed E-state index contributed by atoms with van der Waals surface area (Å²) in [5.41, 5.74) is 2.59. The molecule has 1 aliphatic rings. The summed E-state index contributed by atoms with van der Waals surface area (Å²) in [5.74, 6) is -0.0491. The van der Waals surface area contributed by atoms with Gasteiger partial charge in [0, 0.05) is 27.3 Å². The molecule has 4 nitrogen and oxygen atoms in total. The van der Waals surface area contributed by atoms with Gasteiger partial charge in [-0.2, -0.15) is 0 Å². The molecule has 0 radical (unpaired) electrons. The molecule has 3 aromatic carbocycles. The minimum Gasteiger partial charge on any atom is -0.326 e. The van der Waals surface area contributed by atoms with E-state index >= 15 is 0 Å². The second-order valence-electron chi connectivity index (χ2n) is 6.93. The molecule has 1 atom stereocenters. The fourth-order valence-corrected chi connectivity index (χ4v) is 5.52. The van der Waals surface area contributed by atoms with E-state index in [4.69, 9.17) is 0 Å². The predicted molar refractivity (Wildman–Crippen MR) is 125 cm³/mol. The van der Waals surface area contributed by atoms with Gasteiger partial charge in [0.2, 0.25) is 11.8 Å². The van der Waals surface area contributed by atoms with Crippen molar-refractivity contribution in [3.63, 3.8) is 0 Å². The van der Waals surface area contributed by atoms with Gasteiger partial charge in [-0.25, -0.2) is 0 Å². The number of carbonyl (C=O) groups excluding carboxylic acids is 2. The minimum absolute atomic E-state index is 0.0626. The number of carbonyl (C=O) groups is 2. The van der Waals surface area contributed by atoms with Gasteiger partial charge in [-0.05, 0) is 48.9 Å². The topological polar surface area (TPSA) is 49.4 Å². The molecule has 152 valence electrons. The van der Waals surface area contributed by atoms with Gasteiger partial charge < -0.3 is 5.32 Å². The minimum atomic E-state index is -0.248. The zero-order valence-electron chi connectivity index (χ0n) is 16.8. The summed E-state index contributed by atoms with van der Waals surface area (Å²) in [6, 6.07) is 23.7. The van der Waals surface area contributed by atoms with Crippen LogP contribution in [0.1, 0.15) is 20.3 Å². The van der Waals surface area contributed by atoms with Crippen LogP contribution in [-0.4, -0.2) is 17.1 Å². The third kappa shape index (κ3) is 4.25. The Hall–Kier alpha value is -2.70. The Morgan fingerprint density at radius 1 is 0.967 bits per heavy atom. The van der Waals surface area contributed by atoms with Gasteiger partial charge in [0.1, 0.15) is 0 Å². The zero-order chi connectivity index (χ0) is 21.1. The normalized spacial score (nSPS) is 13.2. The first-order valence-electron chi connectivity index (χ1n) is 9.81. The van der Waals surface area contributed by atoms with Crippen LogP contribution in [0.25, 0.3) is 0 Å². The molecule has 0 bridgehead atoms. The average Bonchev–Trinajstić information content (AvgIpc) is 2.75. The molecule has 6 heteroatoms. The van der Waals surface area contributed by atoms with E-state index in [0.717, 1.165) is 31.7 Å². The van der Waals surface area contributed by atoms with Crippen LogP contribution in [0, 0.1) is 0 Å². The van der Waals surface area contributed by atoms with Gasteiger partial charge in [0.05, 0.1) is 16.6 Å². The van der Waals surface area contributed by atoms with Crippen LogP contribution in [0.5, 0.6) is 0 Å². The molecule has 0 aromatic heterocycles. The lowest BCUT2D eigenvalue weighted by molar-refractivity contribution is -0.117. The van der Waals surface area contributed by atoms with Crippen molar-refractivity contribution in [2.24, 2.45) is 0 Å². The lowest BCUT2D eigenvalue weighted by Gasteiger charge is -2.33. The van der Waals surface area contributed by atoms with Gasteiger partial charge in [-0.15, -0.1) is 11.8 Å². The summed E-state index contributed by atoms with van der Waals surface area (Å²) in [6.45, 7) is 3.52. The smallest absolute Gasteiger partial charge is 0.245 e. The summed E-state index contributed by atoms with van der Waals surface area (Å²) in [4.78, 5) is 30.1. The molecule has 0 aliphatic carbocycles. The Labute approximate surface area is 185 Å². The van der Waals surface area contributed by atoms with Crippen molar-refractivity contribution in [1.82, 2.24) is 0 Å². The number of nitrogens with one attached hydrogen (secondary N) is 1. The monoisotopic (exact) mass is 434 g/mol. The number of hydrogen-bond acceptors (Lipinski definition) is 4. The second kappa shape index (κ2) is 8.98. The van der Waals surface area contributed by atoms with E-state index in [9.17, 15) is 9.59 Å². The number of amides is 2. The van der Waals surface area contributed by atoms with Crippen LogP contribution in [0.4, 0.5) is 17.1 Å². The van der Waals surface area contributed by atoms with Crippen molar-refractivity contribution in [3.05, 3.63) is 72.8 Å². The molecule has 0 spiro atoms. The zero-order valence-corrected chi connectivity index (χ0v) is 18.4. The number of benzene rings is 3. The van der Waals surface area contributed by atoms with Crippen molar-refractivity contribution in [2.45, 2.75) is 40.2 Å². The molecule has 30 heavy (non-hydrogen) atoms. The first-order valence-corrected chi connectivity index (χ1v) is 11.5. The highest BCUT2D eigenvalue weighted by Crippen LogP contribution is 2.48. The van der Waals surface area contributed by atoms with E-state index < -0.39 is 0 Å². The van der Waals surface area contributed by atoms with Crippen LogP contribution in [-0.2, 0) is 9.59 Å². The molecule has 2 amide bonds. The SMILES string of the molecule is CCC(Sc1cccc(NC(C)=O)c1)C(=O)N1c2ccccc2Sc2ccccc21. The highest BCUT2D eigenvalue weighted by Gasteiger charge is 2.32. The molecule has 0 saturated carbocycles. The van der Waals surface area contributed by atoms with E-state index in [-0.39, 0.29) is 17.1 Å². The highest BCUT2D eigenvalue weighted by atomic mass is 32.2. The molecule has 1 aliphatic heterocycles. The van der Waals surface area contributed by atoms with E-state index in [1.54, 1.807) is 11.8 Å². The fourth-order valence-electron chi connectivity index (χ4n) is 3.41. The van der Waals surface area contributed by atoms with Crippen LogP contribution in [0.15, 0.2) is 87.5 Å². The predicted octanol–water partition coefficient (Wildman–Crippen LogP) is 6.35. The van der Waals surface area contributed by atoms with Crippen LogP contribution < -0.4 is 10.2 Å². The van der Waals surface area contributed by atoms with Crippen LogP contribution in [0.3, 0.4) is 0 Å². The van der Waals surface area contributed by atoms with E-state index in [0.29, 0.717) is 6.42 Å². The largest absolute Gasteiger partial charge is 0.326 e. The number of para-hydroxylation sites is 2. The highest BCUT2D eigenvalue weighted by molar-refractivity contribution is 8.00. The Bertz CT molecular complexity index is 1050. The van der Waals surface area contributed by atoms with Crippen molar-refractivity contribution in [2.75, 3.05) is 10.2 Å². The fraction of sp³-hybridized carbons (Fsp3) is 0.167. The molecule has 0 saturated heterocycles. The Morgan fingerprint density at radius 3 is 2.20 bits per heavy atom. The molecular weight excluding hydrogens is 412 g/mol. The van der Waals surface area contributed by atoms with E-state index in [2.05, 4.69) is 17.4 Å². The first kappa shape index (κ1) is 20.6. The Morgan fingerprint density at radius 2 is 1.60 bits per heavy atom. The summed E-state index contributed by atoms with van der Waals surface area (Å²) >= 11 is 3.23. The van der Waals surface area contributed by atoms with Gasteiger partial charge in [-0.1, -0.05) is 49.0 Å². The van der Waals surface area contributed by atoms with E-state index in [1.807, 2.05) is 72.5 Å². The lowest BCUT2D eigenvalue weighted by atomic mass is 10.2. The van der Waals surface area contributed by atoms with Crippen LogP contribution in [0.2, 0.25) is 0 Å². The van der Waals surface area contributed by atoms with Gasteiger partial charge in [-0.3, -0.25) is 14.5 Å². The Kier molecular flexibility index (Phi) is 6.16. The number of rotatable bonds is 5. The molecule has 1 heterocycles.